The molecule has 0 saturated carbocycles. The van der Waals surface area contributed by atoms with Gasteiger partial charge in [0.1, 0.15) is 17.2 Å². The second-order valence-corrected chi connectivity index (χ2v) is 5.28. The molecule has 0 aliphatic carbocycles. The highest BCUT2D eigenvalue weighted by Crippen LogP contribution is 2.43. The van der Waals surface area contributed by atoms with E-state index in [-0.39, 0.29) is 17.5 Å². The SMILES string of the molecule is CCCC1(CCC)CC(N)c2ccc(F)cc2O1. The first-order valence-corrected chi connectivity index (χ1v) is 6.84. The molecular weight excluding hydrogens is 229 g/mol. The summed E-state index contributed by atoms with van der Waals surface area (Å²) in [6.07, 6.45) is 4.89. The van der Waals surface area contributed by atoms with E-state index < -0.39 is 0 Å². The quantitative estimate of drug-likeness (QED) is 0.879. The van der Waals surface area contributed by atoms with E-state index in [1.807, 2.05) is 0 Å². The summed E-state index contributed by atoms with van der Waals surface area (Å²) in [4.78, 5) is 0. The van der Waals surface area contributed by atoms with Crippen molar-refractivity contribution in [3.8, 4) is 5.75 Å². The van der Waals surface area contributed by atoms with Gasteiger partial charge in [-0.25, -0.2) is 4.39 Å². The van der Waals surface area contributed by atoms with Crippen LogP contribution in [0.15, 0.2) is 18.2 Å². The third-order valence-electron chi connectivity index (χ3n) is 3.70. The monoisotopic (exact) mass is 251 g/mol. The van der Waals surface area contributed by atoms with Crippen LogP contribution in [0, 0.1) is 5.82 Å². The topological polar surface area (TPSA) is 35.2 Å². The first-order chi connectivity index (χ1) is 8.60. The fourth-order valence-electron chi connectivity index (χ4n) is 3.03. The maximum atomic E-state index is 13.3. The third-order valence-corrected chi connectivity index (χ3v) is 3.70. The molecule has 1 heterocycles. The van der Waals surface area contributed by atoms with Gasteiger partial charge in [-0.05, 0) is 18.9 Å². The molecule has 18 heavy (non-hydrogen) atoms. The first kappa shape index (κ1) is 13.3. The molecule has 2 nitrogen and oxygen atoms in total. The molecule has 1 atom stereocenters. The minimum atomic E-state index is -0.259. The van der Waals surface area contributed by atoms with Gasteiger partial charge in [-0.15, -0.1) is 0 Å². The normalized spacial score (nSPS) is 21.2. The molecule has 0 bridgehead atoms. The summed E-state index contributed by atoms with van der Waals surface area (Å²) in [5.74, 6) is 0.375. The van der Waals surface area contributed by atoms with Crippen LogP contribution in [0.3, 0.4) is 0 Å². The summed E-state index contributed by atoms with van der Waals surface area (Å²) >= 11 is 0. The lowest BCUT2D eigenvalue weighted by Crippen LogP contribution is -2.42. The number of fused-ring (bicyclic) bond motifs is 1. The number of hydrogen-bond acceptors (Lipinski definition) is 2. The molecule has 0 aromatic heterocycles. The van der Waals surface area contributed by atoms with Crippen LogP contribution in [-0.4, -0.2) is 5.60 Å². The van der Waals surface area contributed by atoms with Crippen molar-refractivity contribution in [1.82, 2.24) is 0 Å². The van der Waals surface area contributed by atoms with Gasteiger partial charge in [0.15, 0.2) is 0 Å². The van der Waals surface area contributed by atoms with Crippen LogP contribution < -0.4 is 10.5 Å². The fourth-order valence-corrected chi connectivity index (χ4v) is 3.03. The van der Waals surface area contributed by atoms with Crippen LogP contribution in [0.5, 0.6) is 5.75 Å². The molecule has 1 unspecified atom stereocenters. The zero-order chi connectivity index (χ0) is 13.2. The van der Waals surface area contributed by atoms with Crippen molar-refractivity contribution in [3.63, 3.8) is 0 Å². The number of benzene rings is 1. The van der Waals surface area contributed by atoms with Gasteiger partial charge < -0.3 is 10.5 Å². The molecule has 2 N–H and O–H groups in total. The van der Waals surface area contributed by atoms with Crippen LogP contribution in [0.4, 0.5) is 4.39 Å². The second-order valence-electron chi connectivity index (χ2n) is 5.28. The zero-order valence-electron chi connectivity index (χ0n) is 11.2. The van der Waals surface area contributed by atoms with Crippen LogP contribution >= 0.6 is 0 Å². The predicted octanol–water partition coefficient (Wildman–Crippen LogP) is 3.95. The Morgan fingerprint density at radius 3 is 2.61 bits per heavy atom. The minimum absolute atomic E-state index is 0.0487. The van der Waals surface area contributed by atoms with Crippen molar-refractivity contribution < 1.29 is 9.13 Å². The van der Waals surface area contributed by atoms with Crippen LogP contribution in [0.25, 0.3) is 0 Å². The number of nitrogens with two attached hydrogens (primary N) is 1. The van der Waals surface area contributed by atoms with Gasteiger partial charge in [0, 0.05) is 24.1 Å². The first-order valence-electron chi connectivity index (χ1n) is 6.84. The van der Waals surface area contributed by atoms with Crippen molar-refractivity contribution in [2.75, 3.05) is 0 Å². The highest BCUT2D eigenvalue weighted by Gasteiger charge is 2.38. The lowest BCUT2D eigenvalue weighted by molar-refractivity contribution is 0.0176. The molecule has 2 rings (SSSR count). The summed E-state index contributed by atoms with van der Waals surface area (Å²) < 4.78 is 19.5. The molecule has 3 heteroatoms. The minimum Gasteiger partial charge on any atom is -0.487 e. The lowest BCUT2D eigenvalue weighted by Gasteiger charge is -2.41. The standard InChI is InChI=1S/C15H22FNO/c1-3-7-15(8-4-2)10-13(17)12-6-5-11(16)9-14(12)18-15/h5-6,9,13H,3-4,7-8,10,17H2,1-2H3. The number of halogens is 1. The van der Waals surface area contributed by atoms with Gasteiger partial charge in [-0.1, -0.05) is 32.8 Å². The Labute approximate surface area is 108 Å². The van der Waals surface area contributed by atoms with E-state index in [4.69, 9.17) is 10.5 Å². The summed E-state index contributed by atoms with van der Waals surface area (Å²) in [5, 5.41) is 0. The van der Waals surface area contributed by atoms with E-state index in [1.165, 1.54) is 12.1 Å². The average Bonchev–Trinajstić information content (AvgIpc) is 2.28. The molecule has 0 spiro atoms. The Hall–Kier alpha value is -1.09. The maximum Gasteiger partial charge on any atom is 0.127 e. The van der Waals surface area contributed by atoms with E-state index >= 15 is 0 Å². The molecule has 1 aromatic rings. The molecule has 0 amide bonds. The molecule has 1 aliphatic rings. The number of hydrogen-bond donors (Lipinski definition) is 1. The van der Waals surface area contributed by atoms with Gasteiger partial charge in [-0.2, -0.15) is 0 Å². The second kappa shape index (κ2) is 5.27. The molecule has 0 fully saturated rings. The smallest absolute Gasteiger partial charge is 0.127 e. The fraction of sp³-hybridized carbons (Fsp3) is 0.600. The molecule has 0 radical (unpaired) electrons. The van der Waals surface area contributed by atoms with Crippen molar-refractivity contribution in [2.24, 2.45) is 5.73 Å². The Morgan fingerprint density at radius 1 is 1.33 bits per heavy atom. The number of rotatable bonds is 4. The Morgan fingerprint density at radius 2 is 2.00 bits per heavy atom. The Bertz CT molecular complexity index is 413. The van der Waals surface area contributed by atoms with Crippen LogP contribution in [-0.2, 0) is 0 Å². The highest BCUT2D eigenvalue weighted by molar-refractivity contribution is 5.39. The highest BCUT2D eigenvalue weighted by atomic mass is 19.1. The van der Waals surface area contributed by atoms with E-state index in [2.05, 4.69) is 13.8 Å². The summed E-state index contributed by atoms with van der Waals surface area (Å²) in [6, 6.07) is 4.62. The largest absolute Gasteiger partial charge is 0.487 e. The van der Waals surface area contributed by atoms with Crippen molar-refractivity contribution >= 4 is 0 Å². The molecule has 1 aliphatic heterocycles. The van der Waals surface area contributed by atoms with Crippen molar-refractivity contribution in [2.45, 2.75) is 57.6 Å². The number of ether oxygens (including phenoxy) is 1. The third kappa shape index (κ3) is 2.51. The lowest BCUT2D eigenvalue weighted by atomic mass is 9.81. The molecule has 1 aromatic carbocycles. The van der Waals surface area contributed by atoms with Gasteiger partial charge in [0.2, 0.25) is 0 Å². The molecular formula is C15H22FNO. The Kier molecular flexibility index (Phi) is 3.91. The van der Waals surface area contributed by atoms with Gasteiger partial charge in [-0.3, -0.25) is 0 Å². The summed E-state index contributed by atoms with van der Waals surface area (Å²) in [5.41, 5.74) is 6.96. The Balaban J connectivity index is 2.34. The maximum absolute atomic E-state index is 13.3. The summed E-state index contributed by atoms with van der Waals surface area (Å²) in [7, 11) is 0. The van der Waals surface area contributed by atoms with Crippen LogP contribution in [0.2, 0.25) is 0 Å². The molecule has 0 saturated heterocycles. The van der Waals surface area contributed by atoms with E-state index in [0.29, 0.717) is 5.75 Å². The average molecular weight is 251 g/mol. The van der Waals surface area contributed by atoms with Gasteiger partial charge in [0.05, 0.1) is 0 Å². The van der Waals surface area contributed by atoms with Crippen molar-refractivity contribution in [3.05, 3.63) is 29.6 Å². The van der Waals surface area contributed by atoms with E-state index in [1.54, 1.807) is 6.07 Å². The summed E-state index contributed by atoms with van der Waals surface area (Å²) in [6.45, 7) is 4.29. The predicted molar refractivity (Wildman–Crippen MR) is 71.1 cm³/mol. The van der Waals surface area contributed by atoms with Crippen LogP contribution in [0.1, 0.15) is 57.6 Å². The van der Waals surface area contributed by atoms with Crippen molar-refractivity contribution in [1.29, 1.82) is 0 Å². The molecule has 100 valence electrons. The zero-order valence-corrected chi connectivity index (χ0v) is 11.2. The van der Waals surface area contributed by atoms with Gasteiger partial charge in [0.25, 0.3) is 0 Å². The van der Waals surface area contributed by atoms with Gasteiger partial charge >= 0.3 is 0 Å². The van der Waals surface area contributed by atoms with E-state index in [0.717, 1.165) is 37.7 Å². The van der Waals surface area contributed by atoms with E-state index in [9.17, 15) is 4.39 Å².